The number of pyridine rings is 1. The minimum Gasteiger partial charge on any atom is -0.488 e. The molecule has 0 saturated heterocycles. The van der Waals surface area contributed by atoms with Crippen LogP contribution in [0.25, 0.3) is 16.5 Å². The third-order valence-corrected chi connectivity index (χ3v) is 8.05. The van der Waals surface area contributed by atoms with Gasteiger partial charge in [0.2, 0.25) is 0 Å². The molecule has 0 fully saturated rings. The molecular weight excluding hydrogens is 658 g/mol. The fourth-order valence-electron chi connectivity index (χ4n) is 5.42. The van der Waals surface area contributed by atoms with Crippen molar-refractivity contribution in [1.82, 2.24) is 30.0 Å². The van der Waals surface area contributed by atoms with E-state index in [4.69, 9.17) is 14.6 Å². The molecule has 0 aliphatic rings. The third-order valence-electron chi connectivity index (χ3n) is 8.05. The molecule has 0 atom stereocenters. The van der Waals surface area contributed by atoms with Crippen molar-refractivity contribution in [2.24, 2.45) is 0 Å². The van der Waals surface area contributed by atoms with Gasteiger partial charge in [-0.1, -0.05) is 62.7 Å². The first-order chi connectivity index (χ1) is 25.1. The third kappa shape index (κ3) is 8.68. The second-order valence-corrected chi connectivity index (χ2v) is 13.2. The van der Waals surface area contributed by atoms with Gasteiger partial charge in [-0.05, 0) is 48.9 Å². The number of methoxy groups -OCH3 is 1. The maximum Gasteiger partial charge on any atom is 0.323 e. The molecule has 266 valence electrons. The predicted molar refractivity (Wildman–Crippen MR) is 202 cm³/mol. The van der Waals surface area contributed by atoms with Crippen LogP contribution in [-0.2, 0) is 16.8 Å². The molecule has 0 radical (unpaired) electrons. The zero-order valence-electron chi connectivity index (χ0n) is 29.7. The zero-order valence-corrected chi connectivity index (χ0v) is 29.7. The highest BCUT2D eigenvalue weighted by Gasteiger charge is 2.24. The summed E-state index contributed by atoms with van der Waals surface area (Å²) in [6.07, 6.45) is 6.38. The van der Waals surface area contributed by atoms with E-state index in [0.29, 0.717) is 41.9 Å². The molecule has 0 unspecified atom stereocenters. The second kappa shape index (κ2) is 15.7. The molecule has 0 spiro atoms. The number of aromatic nitrogens is 5. The average Bonchev–Trinajstić information content (AvgIpc) is 3.56. The van der Waals surface area contributed by atoms with Gasteiger partial charge in [0.15, 0.2) is 0 Å². The first kappa shape index (κ1) is 35.5. The van der Waals surface area contributed by atoms with E-state index < -0.39 is 0 Å². The Bertz CT molecular complexity index is 2180. The number of hydrogen-bond acceptors (Lipinski definition) is 9. The highest BCUT2D eigenvalue weighted by atomic mass is 16.5. The van der Waals surface area contributed by atoms with Crippen LogP contribution in [0.3, 0.4) is 0 Å². The van der Waals surface area contributed by atoms with Crippen molar-refractivity contribution < 1.29 is 19.1 Å². The number of urea groups is 1. The number of anilines is 4. The number of hydrogen-bond donors (Lipinski definition) is 4. The minimum atomic E-state index is -0.380. The zero-order chi connectivity index (χ0) is 36.7. The lowest BCUT2D eigenvalue weighted by Crippen LogP contribution is -2.27. The van der Waals surface area contributed by atoms with Crippen LogP contribution in [0.1, 0.15) is 48.1 Å². The van der Waals surface area contributed by atoms with Crippen molar-refractivity contribution in [2.75, 3.05) is 36.2 Å². The van der Waals surface area contributed by atoms with Gasteiger partial charge < -0.3 is 30.7 Å². The molecule has 3 heterocycles. The van der Waals surface area contributed by atoms with Crippen molar-refractivity contribution in [3.8, 4) is 11.4 Å². The molecule has 13 nitrogen and oxygen atoms in total. The molecule has 6 aromatic rings. The lowest BCUT2D eigenvalue weighted by atomic mass is 9.91. The van der Waals surface area contributed by atoms with Crippen LogP contribution in [0.15, 0.2) is 97.6 Å². The van der Waals surface area contributed by atoms with E-state index in [0.717, 1.165) is 33.3 Å². The topological polar surface area (TPSA) is 157 Å². The van der Waals surface area contributed by atoms with Crippen LogP contribution in [0, 0.1) is 6.92 Å². The Kier molecular flexibility index (Phi) is 10.7. The second-order valence-electron chi connectivity index (χ2n) is 13.2. The molecule has 0 bridgehead atoms. The minimum absolute atomic E-state index is 0.200. The fourth-order valence-corrected chi connectivity index (χ4v) is 5.42. The number of ether oxygens (including phenoxy) is 2. The van der Waals surface area contributed by atoms with E-state index in [-0.39, 0.29) is 29.7 Å². The van der Waals surface area contributed by atoms with Crippen molar-refractivity contribution in [2.45, 2.75) is 39.7 Å². The van der Waals surface area contributed by atoms with Gasteiger partial charge in [0.05, 0.1) is 48.0 Å². The predicted octanol–water partition coefficient (Wildman–Crippen LogP) is 7.16. The van der Waals surface area contributed by atoms with E-state index in [9.17, 15) is 9.59 Å². The number of carbonyl (C=O) groups is 2. The Morgan fingerprint density at radius 2 is 1.62 bits per heavy atom. The van der Waals surface area contributed by atoms with Gasteiger partial charge in [0.25, 0.3) is 5.91 Å². The lowest BCUT2D eigenvalue weighted by molar-refractivity contribution is 0.0931. The summed E-state index contributed by atoms with van der Waals surface area (Å²) in [5, 5.41) is 18.4. The number of rotatable bonds is 12. The number of nitrogens with one attached hydrogen (secondary N) is 4. The number of benzene rings is 3. The molecule has 52 heavy (non-hydrogen) atoms. The van der Waals surface area contributed by atoms with E-state index >= 15 is 0 Å². The maximum absolute atomic E-state index is 13.4. The van der Waals surface area contributed by atoms with Gasteiger partial charge in [-0.3, -0.25) is 4.79 Å². The molecule has 3 aromatic heterocycles. The standard InChI is InChI=1S/C39H41N9O4/c1-25-10-12-27(13-11-25)48-23-32(36(47-48)39(2,3)4)45-38(50)44-30-14-15-33(29-9-7-6-8-28(29)30)52-24-26-16-17-40-34(20-26)46-35-22-42-31(21-43-35)37(49)41-18-19-51-5/h6-17,20-23H,18-19,24H2,1-5H3,(H,41,49)(H,40,43,46)(H2,44,45,50). The number of fused-ring (bicyclic) bond motifs is 1. The van der Waals surface area contributed by atoms with Crippen LogP contribution in [0.2, 0.25) is 0 Å². The van der Waals surface area contributed by atoms with Gasteiger partial charge in [0.1, 0.15) is 29.7 Å². The number of aryl methyl sites for hydroxylation is 1. The van der Waals surface area contributed by atoms with Gasteiger partial charge in [0, 0.05) is 36.0 Å². The summed E-state index contributed by atoms with van der Waals surface area (Å²) in [6.45, 7) is 9.29. The van der Waals surface area contributed by atoms with Crippen LogP contribution in [0.4, 0.5) is 27.8 Å². The van der Waals surface area contributed by atoms with E-state index in [2.05, 4.69) is 57.0 Å². The molecular formula is C39H41N9O4. The van der Waals surface area contributed by atoms with Gasteiger partial charge in [-0.25, -0.2) is 24.4 Å². The Morgan fingerprint density at radius 3 is 2.35 bits per heavy atom. The maximum atomic E-state index is 13.4. The number of carbonyl (C=O) groups excluding carboxylic acids is 2. The molecule has 3 amide bonds. The van der Waals surface area contributed by atoms with Crippen molar-refractivity contribution in [3.63, 3.8) is 0 Å². The summed E-state index contributed by atoms with van der Waals surface area (Å²) in [5.41, 5.74) is 4.87. The summed E-state index contributed by atoms with van der Waals surface area (Å²) in [5.74, 6) is 1.31. The molecule has 6 rings (SSSR count). The number of amides is 3. The molecule has 13 heteroatoms. The highest BCUT2D eigenvalue weighted by Crippen LogP contribution is 2.33. The average molecular weight is 700 g/mol. The van der Waals surface area contributed by atoms with Crippen molar-refractivity contribution >= 4 is 45.7 Å². The molecule has 0 aliphatic carbocycles. The smallest absolute Gasteiger partial charge is 0.323 e. The fraction of sp³-hybridized carbons (Fsp3) is 0.231. The molecule has 3 aromatic carbocycles. The summed E-state index contributed by atoms with van der Waals surface area (Å²) in [6, 6.07) is 22.8. The normalized spacial score (nSPS) is 11.2. The first-order valence-electron chi connectivity index (χ1n) is 16.8. The van der Waals surface area contributed by atoms with Gasteiger partial charge >= 0.3 is 6.03 Å². The van der Waals surface area contributed by atoms with E-state index in [1.807, 2.05) is 85.9 Å². The molecule has 0 saturated carbocycles. The summed E-state index contributed by atoms with van der Waals surface area (Å²) in [4.78, 5) is 38.5. The Balaban J connectivity index is 1.12. The first-order valence-corrected chi connectivity index (χ1v) is 16.8. The highest BCUT2D eigenvalue weighted by molar-refractivity contribution is 6.07. The Hall–Kier alpha value is -6.34. The van der Waals surface area contributed by atoms with Gasteiger partial charge in [-0.2, -0.15) is 5.10 Å². The van der Waals surface area contributed by atoms with Gasteiger partial charge in [-0.15, -0.1) is 0 Å². The summed E-state index contributed by atoms with van der Waals surface area (Å²) < 4.78 is 13.0. The van der Waals surface area contributed by atoms with Crippen molar-refractivity contribution in [3.05, 3.63) is 120 Å². The summed E-state index contributed by atoms with van der Waals surface area (Å²) in [7, 11) is 1.57. The van der Waals surface area contributed by atoms with Crippen LogP contribution in [-0.4, -0.2) is 56.9 Å². The van der Waals surface area contributed by atoms with Crippen LogP contribution < -0.4 is 26.0 Å². The lowest BCUT2D eigenvalue weighted by Gasteiger charge is -2.18. The Morgan fingerprint density at radius 1 is 0.846 bits per heavy atom. The quantitative estimate of drug-likeness (QED) is 0.0973. The largest absolute Gasteiger partial charge is 0.488 e. The van der Waals surface area contributed by atoms with E-state index in [1.54, 1.807) is 18.0 Å². The SMILES string of the molecule is COCCNC(=O)c1cnc(Nc2cc(COc3ccc(NC(=O)Nc4cn(-c5ccc(C)cc5)nc4C(C)(C)C)c4ccccc34)ccn2)cn1. The Labute approximate surface area is 301 Å². The van der Waals surface area contributed by atoms with Crippen LogP contribution >= 0.6 is 0 Å². The molecule has 4 N–H and O–H groups in total. The van der Waals surface area contributed by atoms with Crippen LogP contribution in [0.5, 0.6) is 5.75 Å². The number of nitrogens with zero attached hydrogens (tertiary/aromatic N) is 5. The van der Waals surface area contributed by atoms with E-state index in [1.165, 1.54) is 12.4 Å². The summed E-state index contributed by atoms with van der Waals surface area (Å²) >= 11 is 0. The monoisotopic (exact) mass is 699 g/mol. The molecule has 0 aliphatic heterocycles. The van der Waals surface area contributed by atoms with Crippen molar-refractivity contribution in [1.29, 1.82) is 0 Å².